The Kier molecular flexibility index (Phi) is 18.8. The normalized spacial score (nSPS) is 16.7. The largest absolute Gasteiger partial charge is 0.478 e. The van der Waals surface area contributed by atoms with E-state index in [4.69, 9.17) is 30.8 Å². The van der Waals surface area contributed by atoms with Gasteiger partial charge in [-0.1, -0.05) is 61.9 Å². The van der Waals surface area contributed by atoms with Crippen molar-refractivity contribution in [1.82, 2.24) is 55.4 Å². The van der Waals surface area contributed by atoms with Crippen LogP contribution in [0.1, 0.15) is 70.0 Å². The molecule has 2 aliphatic heterocycles. The summed E-state index contributed by atoms with van der Waals surface area (Å²) in [5, 5.41) is 32.0. The van der Waals surface area contributed by atoms with Crippen LogP contribution in [0.2, 0.25) is 5.02 Å². The molecule has 22 nitrogen and oxygen atoms in total. The fourth-order valence-electron chi connectivity index (χ4n) is 9.52. The van der Waals surface area contributed by atoms with Crippen LogP contribution >= 0.6 is 22.9 Å². The van der Waals surface area contributed by atoms with Crippen molar-refractivity contribution < 1.29 is 38.5 Å². The molecule has 0 saturated carbocycles. The molecule has 0 aliphatic carbocycles. The van der Waals surface area contributed by atoms with Gasteiger partial charge in [-0.05, 0) is 79.8 Å². The molecule has 24 heteroatoms. The molecule has 2 aliphatic rings. The Morgan fingerprint density at radius 1 is 0.962 bits per heavy atom. The number of carbonyl (C=O) groups is 4. The molecule has 2 fully saturated rings. The number of benzene rings is 2. The highest BCUT2D eigenvalue weighted by Crippen LogP contribution is 2.32. The standard InChI is InChI=1S/C54H68ClN13O9S/c1-32(35-8-10-36(11-9-35)47-33(2)58-31-78-47)59-50(72)43-25-40(69)28-68(43)52(74)48(54(3,4)5)61-46(71)29-76-21-20-75-19-18-67-27-39(63-64-67)22-34-14-16-66(17-15-34)53-57-26-41(55)49(62-53)60-38-12-13-42-37(23-38)24-44(51(73)65(42)7)77-30-45(70)56-6/h8-13,23-24,26-27,31-32,34,40,43,48,69H,14-22,25,28-30H2,1-7H3,(H,56,70)(H,59,72)(H,61,71)(H,57,60,62)/t32-,40+,43-,48+/m0/s1. The van der Waals surface area contributed by atoms with Crippen LogP contribution in [0.25, 0.3) is 21.3 Å². The van der Waals surface area contributed by atoms with Crippen LogP contribution in [0, 0.1) is 18.3 Å². The second-order valence-electron chi connectivity index (χ2n) is 20.8. The number of nitrogens with one attached hydrogen (secondary N) is 4. The smallest absolute Gasteiger partial charge is 0.293 e. The van der Waals surface area contributed by atoms with E-state index >= 15 is 0 Å². The number of rotatable bonds is 22. The van der Waals surface area contributed by atoms with Gasteiger partial charge in [-0.15, -0.1) is 16.4 Å². The number of carbonyl (C=O) groups excluding carboxylic acids is 4. The van der Waals surface area contributed by atoms with E-state index in [1.807, 2.05) is 88.8 Å². The van der Waals surface area contributed by atoms with E-state index in [-0.39, 0.29) is 68.6 Å². The van der Waals surface area contributed by atoms with Crippen molar-refractivity contribution in [3.8, 4) is 16.2 Å². The van der Waals surface area contributed by atoms with Crippen LogP contribution < -0.4 is 36.5 Å². The number of likely N-dealkylation sites (tertiary alicyclic amines) is 1. The fraction of sp³-hybridized carbons (Fsp3) is 0.481. The van der Waals surface area contributed by atoms with Crippen LogP contribution in [0.5, 0.6) is 5.75 Å². The lowest BCUT2D eigenvalue weighted by atomic mass is 9.85. The Bertz CT molecular complexity index is 3140. The minimum absolute atomic E-state index is 0.0315. The zero-order valence-electron chi connectivity index (χ0n) is 45.0. The molecule has 8 rings (SSSR count). The minimum Gasteiger partial charge on any atom is -0.478 e. The van der Waals surface area contributed by atoms with E-state index in [9.17, 15) is 29.1 Å². The third-order valence-electron chi connectivity index (χ3n) is 13.9. The summed E-state index contributed by atoms with van der Waals surface area (Å²) in [4.78, 5) is 83.7. The second kappa shape index (κ2) is 25.6. The number of hydrogen-bond donors (Lipinski definition) is 5. The molecule has 0 spiro atoms. The van der Waals surface area contributed by atoms with Gasteiger partial charge in [0, 0.05) is 57.4 Å². The number of thiazole rings is 1. The highest BCUT2D eigenvalue weighted by molar-refractivity contribution is 7.13. The zero-order valence-corrected chi connectivity index (χ0v) is 46.5. The van der Waals surface area contributed by atoms with Crippen LogP contribution in [0.4, 0.5) is 17.5 Å². The fourth-order valence-corrected chi connectivity index (χ4v) is 10.5. The van der Waals surface area contributed by atoms with Crippen LogP contribution in [-0.4, -0.2) is 146 Å². The first-order chi connectivity index (χ1) is 37.3. The second-order valence-corrected chi connectivity index (χ2v) is 22.0. The Morgan fingerprint density at radius 2 is 1.72 bits per heavy atom. The van der Waals surface area contributed by atoms with E-state index in [0.29, 0.717) is 52.4 Å². The zero-order chi connectivity index (χ0) is 55.7. The quantitative estimate of drug-likeness (QED) is 0.0575. The summed E-state index contributed by atoms with van der Waals surface area (Å²) >= 11 is 8.13. The van der Waals surface area contributed by atoms with Gasteiger partial charge in [-0.3, -0.25) is 24.0 Å². The van der Waals surface area contributed by atoms with Crippen LogP contribution in [0.15, 0.2) is 71.2 Å². The molecule has 4 atom stereocenters. The van der Waals surface area contributed by atoms with E-state index < -0.39 is 35.4 Å². The molecule has 78 heavy (non-hydrogen) atoms. The molecule has 0 radical (unpaired) electrons. The summed E-state index contributed by atoms with van der Waals surface area (Å²) in [5.74, 6) is -0.237. The van der Waals surface area contributed by atoms with Gasteiger partial charge in [-0.2, -0.15) is 4.98 Å². The molecule has 5 N–H and O–H groups in total. The number of β-amino-alcohol motifs (C(OH)–C–C–N with tert-alkyl or cyclic N) is 1. The summed E-state index contributed by atoms with van der Waals surface area (Å²) in [7, 11) is 3.14. The number of aryl methyl sites for hydroxylation is 2. The molecule has 2 saturated heterocycles. The number of aliphatic hydroxyl groups excluding tert-OH is 1. The highest BCUT2D eigenvalue weighted by atomic mass is 35.5. The van der Waals surface area contributed by atoms with Gasteiger partial charge < -0.3 is 55.0 Å². The number of ether oxygens (including phenoxy) is 3. The van der Waals surface area contributed by atoms with Crippen molar-refractivity contribution in [2.24, 2.45) is 18.4 Å². The monoisotopic (exact) mass is 1110 g/mol. The summed E-state index contributed by atoms with van der Waals surface area (Å²) in [5.41, 5.74) is 5.88. The third-order valence-corrected chi connectivity index (χ3v) is 15.2. The van der Waals surface area contributed by atoms with Gasteiger partial charge in [0.15, 0.2) is 18.2 Å². The molecular weight excluding hydrogens is 1040 g/mol. The van der Waals surface area contributed by atoms with Gasteiger partial charge >= 0.3 is 0 Å². The Balaban J connectivity index is 0.732. The molecule has 6 heterocycles. The van der Waals surface area contributed by atoms with Gasteiger partial charge in [0.2, 0.25) is 23.7 Å². The molecule has 2 aromatic carbocycles. The predicted octanol–water partition coefficient (Wildman–Crippen LogP) is 4.74. The maximum atomic E-state index is 14.1. The van der Waals surface area contributed by atoms with Gasteiger partial charge in [0.1, 0.15) is 23.7 Å². The Labute approximate surface area is 461 Å². The van der Waals surface area contributed by atoms with E-state index in [0.717, 1.165) is 59.7 Å². The van der Waals surface area contributed by atoms with E-state index in [2.05, 4.69) is 46.4 Å². The average molecular weight is 1110 g/mol. The number of likely N-dealkylation sites (N-methyl/N-ethyl adjacent to an activating group) is 1. The lowest BCUT2D eigenvalue weighted by Gasteiger charge is -2.35. The van der Waals surface area contributed by atoms with Crippen molar-refractivity contribution in [1.29, 1.82) is 0 Å². The molecule has 0 bridgehead atoms. The van der Waals surface area contributed by atoms with Crippen molar-refractivity contribution >= 4 is 74.9 Å². The highest BCUT2D eigenvalue weighted by Gasteiger charge is 2.45. The van der Waals surface area contributed by atoms with E-state index in [1.54, 1.807) is 35.3 Å². The average Bonchev–Trinajstić information content (AvgIpc) is 4.19. The topological polar surface area (TPSA) is 262 Å². The minimum atomic E-state index is -0.987. The van der Waals surface area contributed by atoms with E-state index in [1.165, 1.54) is 16.5 Å². The summed E-state index contributed by atoms with van der Waals surface area (Å²) in [6, 6.07) is 12.8. The number of aromatic nitrogens is 7. The van der Waals surface area contributed by atoms with Crippen molar-refractivity contribution in [3.63, 3.8) is 0 Å². The first kappa shape index (κ1) is 57.1. The summed E-state index contributed by atoms with van der Waals surface area (Å²) in [6.07, 6.45) is 5.27. The lowest BCUT2D eigenvalue weighted by molar-refractivity contribution is -0.144. The molecule has 6 aromatic rings. The number of amides is 4. The maximum Gasteiger partial charge on any atom is 0.293 e. The number of halogens is 1. The number of fused-ring (bicyclic) bond motifs is 1. The molecule has 416 valence electrons. The summed E-state index contributed by atoms with van der Waals surface area (Å²) < 4.78 is 20.1. The van der Waals surface area contributed by atoms with Crippen molar-refractivity contribution in [2.45, 2.75) is 91.1 Å². The molecule has 4 amide bonds. The molecule has 4 aromatic heterocycles. The first-order valence-electron chi connectivity index (χ1n) is 26.0. The number of hydrogen-bond acceptors (Lipinski definition) is 17. The SMILES string of the molecule is CNC(=O)COc1cc2cc(Nc3nc(N4CCC(Cc5cn(CCOCCOCC(=O)N[C@H](C(=O)N6C[C@H](O)C[C@H]6C(=O)N[C@@H](C)c6ccc(-c7scnc7C)cc6)C(C)(C)C)nn5)CC4)ncc3Cl)ccc2n(C)c1=O. The number of nitrogens with zero attached hydrogens (tertiary/aromatic N) is 9. The molecular formula is C54H68ClN13O9S. The predicted molar refractivity (Wildman–Crippen MR) is 296 cm³/mol. The number of aliphatic hydroxyl groups is 1. The summed E-state index contributed by atoms with van der Waals surface area (Å²) in [6.45, 7) is 11.4. The first-order valence-corrected chi connectivity index (χ1v) is 27.3. The Hall–Kier alpha value is -7.05. The van der Waals surface area contributed by atoms with Gasteiger partial charge in [-0.25, -0.2) is 14.6 Å². The molecule has 0 unspecified atom stereocenters. The Morgan fingerprint density at radius 3 is 2.44 bits per heavy atom. The van der Waals surface area contributed by atoms with Gasteiger partial charge in [0.25, 0.3) is 11.5 Å². The van der Waals surface area contributed by atoms with Crippen molar-refractivity contribution in [2.75, 3.05) is 69.9 Å². The lowest BCUT2D eigenvalue weighted by Crippen LogP contribution is -2.58. The number of anilines is 3. The number of pyridine rings is 1. The van der Waals surface area contributed by atoms with Crippen molar-refractivity contribution in [3.05, 3.63) is 98.8 Å². The van der Waals surface area contributed by atoms with Crippen LogP contribution in [-0.2, 0) is 48.7 Å². The van der Waals surface area contributed by atoms with Crippen LogP contribution in [0.3, 0.4) is 0 Å². The maximum absolute atomic E-state index is 14.1. The number of piperidine rings is 1. The van der Waals surface area contributed by atoms with Gasteiger partial charge in [0.05, 0.1) is 72.0 Å². The third kappa shape index (κ3) is 14.3.